The molecule has 0 spiro atoms. The van der Waals surface area contributed by atoms with Crippen molar-refractivity contribution in [2.24, 2.45) is 0 Å². The van der Waals surface area contributed by atoms with Gasteiger partial charge in [0.2, 0.25) is 0 Å². The molecule has 68 valence electrons. The zero-order chi connectivity index (χ0) is 9.26. The first-order chi connectivity index (χ1) is 6.33. The van der Waals surface area contributed by atoms with Crippen LogP contribution in [0.1, 0.15) is 31.9 Å². The van der Waals surface area contributed by atoms with E-state index in [9.17, 15) is 0 Å². The lowest BCUT2D eigenvalue weighted by molar-refractivity contribution is 0.723. The number of fused-ring (bicyclic) bond motifs is 1. The molecule has 2 rings (SSSR count). The number of hydrogen-bond acceptors (Lipinski definition) is 2. The van der Waals surface area contributed by atoms with Gasteiger partial charge in [-0.05, 0) is 29.9 Å². The normalized spacial score (nSPS) is 13.4. The van der Waals surface area contributed by atoms with Gasteiger partial charge >= 0.3 is 0 Å². The molecule has 1 atom stereocenters. The predicted octanol–water partition coefficient (Wildman–Crippen LogP) is 3.81. The molecule has 0 saturated carbocycles. The Morgan fingerprint density at radius 2 is 2.15 bits per heavy atom. The van der Waals surface area contributed by atoms with Crippen LogP contribution >= 0.6 is 11.5 Å². The van der Waals surface area contributed by atoms with Crippen LogP contribution in [-0.4, -0.2) is 4.37 Å². The van der Waals surface area contributed by atoms with Gasteiger partial charge in [0, 0.05) is 5.39 Å². The summed E-state index contributed by atoms with van der Waals surface area (Å²) in [5.74, 6) is 0.580. The SMILES string of the molecule is CCC(C)c1nsc2ccccc12. The number of aromatic nitrogens is 1. The molecule has 0 saturated heterocycles. The van der Waals surface area contributed by atoms with E-state index in [2.05, 4.69) is 42.5 Å². The second kappa shape index (κ2) is 3.46. The minimum atomic E-state index is 0.580. The van der Waals surface area contributed by atoms with Crippen LogP contribution in [0.4, 0.5) is 0 Å². The fourth-order valence-electron chi connectivity index (χ4n) is 1.45. The van der Waals surface area contributed by atoms with Crippen LogP contribution in [0.5, 0.6) is 0 Å². The van der Waals surface area contributed by atoms with E-state index in [0.717, 1.165) is 6.42 Å². The van der Waals surface area contributed by atoms with Gasteiger partial charge in [0.1, 0.15) is 0 Å². The lowest BCUT2D eigenvalue weighted by atomic mass is 10.0. The summed E-state index contributed by atoms with van der Waals surface area (Å²) >= 11 is 1.61. The van der Waals surface area contributed by atoms with E-state index < -0.39 is 0 Å². The van der Waals surface area contributed by atoms with Crippen LogP contribution < -0.4 is 0 Å². The summed E-state index contributed by atoms with van der Waals surface area (Å²) in [6.45, 7) is 4.44. The summed E-state index contributed by atoms with van der Waals surface area (Å²) in [4.78, 5) is 0. The van der Waals surface area contributed by atoms with Crippen molar-refractivity contribution in [3.63, 3.8) is 0 Å². The Morgan fingerprint density at radius 1 is 1.38 bits per heavy atom. The molecule has 1 heterocycles. The van der Waals surface area contributed by atoms with E-state index in [1.807, 2.05) is 0 Å². The molecule has 0 aliphatic carbocycles. The summed E-state index contributed by atoms with van der Waals surface area (Å²) in [5, 5.41) is 1.34. The quantitative estimate of drug-likeness (QED) is 0.703. The smallest absolute Gasteiger partial charge is 0.0648 e. The van der Waals surface area contributed by atoms with Crippen molar-refractivity contribution in [3.05, 3.63) is 30.0 Å². The molecule has 1 aromatic heterocycles. The van der Waals surface area contributed by atoms with E-state index in [-0.39, 0.29) is 0 Å². The Hall–Kier alpha value is -0.890. The second-order valence-corrected chi connectivity index (χ2v) is 4.18. The van der Waals surface area contributed by atoms with Crippen LogP contribution in [0.2, 0.25) is 0 Å². The van der Waals surface area contributed by atoms with Crippen molar-refractivity contribution in [1.82, 2.24) is 4.37 Å². The summed E-state index contributed by atoms with van der Waals surface area (Å²) in [7, 11) is 0. The van der Waals surface area contributed by atoms with Gasteiger partial charge in [0.05, 0.1) is 10.4 Å². The Kier molecular flexibility index (Phi) is 2.32. The lowest BCUT2D eigenvalue weighted by Gasteiger charge is -2.04. The number of nitrogens with zero attached hydrogens (tertiary/aromatic N) is 1. The van der Waals surface area contributed by atoms with Crippen molar-refractivity contribution < 1.29 is 0 Å². The maximum Gasteiger partial charge on any atom is 0.0648 e. The largest absolute Gasteiger partial charge is 0.196 e. The van der Waals surface area contributed by atoms with Gasteiger partial charge in [-0.25, -0.2) is 0 Å². The topological polar surface area (TPSA) is 12.9 Å². The highest BCUT2D eigenvalue weighted by atomic mass is 32.1. The number of benzene rings is 1. The number of hydrogen-bond donors (Lipinski definition) is 0. The first kappa shape index (κ1) is 8.70. The molecular formula is C11H13NS. The molecule has 1 nitrogen and oxygen atoms in total. The molecule has 0 fully saturated rings. The van der Waals surface area contributed by atoms with Crippen LogP contribution in [0, 0.1) is 0 Å². The van der Waals surface area contributed by atoms with E-state index >= 15 is 0 Å². The minimum Gasteiger partial charge on any atom is -0.196 e. The second-order valence-electron chi connectivity index (χ2n) is 3.37. The Balaban J connectivity index is 2.57. The Labute approximate surface area is 82.6 Å². The van der Waals surface area contributed by atoms with E-state index in [1.165, 1.54) is 15.8 Å². The third kappa shape index (κ3) is 1.46. The van der Waals surface area contributed by atoms with Gasteiger partial charge in [-0.3, -0.25) is 0 Å². The Morgan fingerprint density at radius 3 is 2.92 bits per heavy atom. The molecule has 1 aromatic carbocycles. The van der Waals surface area contributed by atoms with Gasteiger partial charge in [-0.2, -0.15) is 4.37 Å². The third-order valence-electron chi connectivity index (χ3n) is 2.48. The molecule has 13 heavy (non-hydrogen) atoms. The van der Waals surface area contributed by atoms with Crippen molar-refractivity contribution in [1.29, 1.82) is 0 Å². The lowest BCUT2D eigenvalue weighted by Crippen LogP contribution is -1.90. The summed E-state index contributed by atoms with van der Waals surface area (Å²) < 4.78 is 5.81. The number of rotatable bonds is 2. The highest BCUT2D eigenvalue weighted by molar-refractivity contribution is 7.13. The maximum atomic E-state index is 4.51. The first-order valence-corrected chi connectivity index (χ1v) is 5.44. The van der Waals surface area contributed by atoms with Gasteiger partial charge in [-0.1, -0.05) is 32.0 Å². The van der Waals surface area contributed by atoms with Crippen LogP contribution in [0.25, 0.3) is 10.1 Å². The average Bonchev–Trinajstić information content (AvgIpc) is 2.60. The van der Waals surface area contributed by atoms with Crippen molar-refractivity contribution in [2.75, 3.05) is 0 Å². The van der Waals surface area contributed by atoms with Gasteiger partial charge in [0.25, 0.3) is 0 Å². The van der Waals surface area contributed by atoms with Crippen LogP contribution in [0.3, 0.4) is 0 Å². The van der Waals surface area contributed by atoms with Gasteiger partial charge in [-0.15, -0.1) is 0 Å². The zero-order valence-electron chi connectivity index (χ0n) is 7.95. The first-order valence-electron chi connectivity index (χ1n) is 4.67. The zero-order valence-corrected chi connectivity index (χ0v) is 8.77. The molecule has 0 radical (unpaired) electrons. The highest BCUT2D eigenvalue weighted by Gasteiger charge is 2.10. The Bertz CT molecular complexity index is 405. The monoisotopic (exact) mass is 191 g/mol. The fraction of sp³-hybridized carbons (Fsp3) is 0.364. The van der Waals surface area contributed by atoms with E-state index in [0.29, 0.717) is 5.92 Å². The standard InChI is InChI=1S/C11H13NS/c1-3-8(2)11-9-6-4-5-7-10(9)13-12-11/h4-8H,3H2,1-2H3. The van der Waals surface area contributed by atoms with E-state index in [1.54, 1.807) is 11.5 Å². The molecule has 2 aromatic rings. The molecule has 0 bridgehead atoms. The molecule has 2 heteroatoms. The van der Waals surface area contributed by atoms with Gasteiger partial charge < -0.3 is 0 Å². The fourth-order valence-corrected chi connectivity index (χ4v) is 2.34. The molecule has 1 unspecified atom stereocenters. The molecular weight excluding hydrogens is 178 g/mol. The van der Waals surface area contributed by atoms with Crippen molar-refractivity contribution in [3.8, 4) is 0 Å². The molecule has 0 aliphatic heterocycles. The molecule has 0 aliphatic rings. The third-order valence-corrected chi connectivity index (χ3v) is 3.33. The van der Waals surface area contributed by atoms with Crippen molar-refractivity contribution in [2.45, 2.75) is 26.2 Å². The average molecular weight is 191 g/mol. The minimum absolute atomic E-state index is 0.580. The maximum absolute atomic E-state index is 4.51. The van der Waals surface area contributed by atoms with E-state index in [4.69, 9.17) is 0 Å². The predicted molar refractivity (Wildman–Crippen MR) is 58.3 cm³/mol. The van der Waals surface area contributed by atoms with Crippen molar-refractivity contribution >= 4 is 21.6 Å². The van der Waals surface area contributed by atoms with Crippen LogP contribution in [0.15, 0.2) is 24.3 Å². The molecule has 0 N–H and O–H groups in total. The highest BCUT2D eigenvalue weighted by Crippen LogP contribution is 2.29. The summed E-state index contributed by atoms with van der Waals surface area (Å²) in [6, 6.07) is 8.46. The summed E-state index contributed by atoms with van der Waals surface area (Å²) in [6.07, 6.45) is 1.16. The van der Waals surface area contributed by atoms with Gasteiger partial charge in [0.15, 0.2) is 0 Å². The van der Waals surface area contributed by atoms with Crippen LogP contribution in [-0.2, 0) is 0 Å². The molecule has 0 amide bonds. The summed E-state index contributed by atoms with van der Waals surface area (Å²) in [5.41, 5.74) is 1.27.